The number of methoxy groups -OCH3 is 1. The first-order chi connectivity index (χ1) is 11.9. The largest absolute Gasteiger partial charge is 0.465 e. The number of terminal acetylenes is 1. The number of thiocarbonyl (C=S) groups is 1. The van der Waals surface area contributed by atoms with Crippen molar-refractivity contribution in [3.63, 3.8) is 0 Å². The van der Waals surface area contributed by atoms with Crippen molar-refractivity contribution < 1.29 is 9.53 Å². The summed E-state index contributed by atoms with van der Waals surface area (Å²) < 4.78 is 5.01. The third-order valence-corrected chi connectivity index (χ3v) is 6.34. The Hall–Kier alpha value is -1.58. The van der Waals surface area contributed by atoms with Gasteiger partial charge in [0.1, 0.15) is 5.00 Å². The Morgan fingerprint density at radius 1 is 1.48 bits per heavy atom. The average molecular weight is 379 g/mol. The van der Waals surface area contributed by atoms with Gasteiger partial charge in [-0.25, -0.2) is 4.79 Å². The molecular weight excluding hydrogens is 352 g/mol. The number of esters is 1. The zero-order valence-corrected chi connectivity index (χ0v) is 17.0. The number of rotatable bonds is 5. The van der Waals surface area contributed by atoms with Crippen LogP contribution in [-0.2, 0) is 17.6 Å². The molecule has 2 N–H and O–H groups in total. The standard InChI is InChI=1S/C19H26N2O2S2/c1-6-19(7-2,8-3)21-18(24)20-16-15(17(22)23-5)13-10-9-12(4)11-14(13)25-16/h1,12H,7-11H2,2-5H3,(H2,20,21,24). The van der Waals surface area contributed by atoms with E-state index in [1.54, 1.807) is 11.3 Å². The van der Waals surface area contributed by atoms with Crippen LogP contribution in [0.5, 0.6) is 0 Å². The van der Waals surface area contributed by atoms with Crippen LogP contribution in [0.15, 0.2) is 0 Å². The van der Waals surface area contributed by atoms with Gasteiger partial charge in [0.15, 0.2) is 5.11 Å². The van der Waals surface area contributed by atoms with Crippen molar-refractivity contribution in [1.29, 1.82) is 0 Å². The van der Waals surface area contributed by atoms with Gasteiger partial charge in [0, 0.05) is 4.88 Å². The molecule has 0 saturated heterocycles. The summed E-state index contributed by atoms with van der Waals surface area (Å²) in [5, 5.41) is 7.63. The Morgan fingerprint density at radius 3 is 2.72 bits per heavy atom. The van der Waals surface area contributed by atoms with Gasteiger partial charge in [-0.05, 0) is 55.8 Å². The van der Waals surface area contributed by atoms with E-state index in [0.29, 0.717) is 16.6 Å². The molecule has 1 unspecified atom stereocenters. The minimum Gasteiger partial charge on any atom is -0.465 e. The molecule has 0 amide bonds. The highest BCUT2D eigenvalue weighted by molar-refractivity contribution is 7.80. The van der Waals surface area contributed by atoms with Crippen molar-refractivity contribution in [2.75, 3.05) is 12.4 Å². The molecule has 1 aromatic rings. The van der Waals surface area contributed by atoms with Gasteiger partial charge >= 0.3 is 5.97 Å². The number of carbonyl (C=O) groups is 1. The van der Waals surface area contributed by atoms with Crippen molar-refractivity contribution >= 4 is 39.6 Å². The number of thiophene rings is 1. The fraction of sp³-hybridized carbons (Fsp3) is 0.579. The maximum atomic E-state index is 12.3. The van der Waals surface area contributed by atoms with E-state index < -0.39 is 5.54 Å². The van der Waals surface area contributed by atoms with Gasteiger partial charge in [-0.3, -0.25) is 0 Å². The Labute approximate surface area is 159 Å². The lowest BCUT2D eigenvalue weighted by molar-refractivity contribution is 0.0601. The number of fused-ring (bicyclic) bond motifs is 1. The fourth-order valence-electron chi connectivity index (χ4n) is 3.18. The molecule has 0 aliphatic heterocycles. The minimum atomic E-state index is -0.471. The monoisotopic (exact) mass is 378 g/mol. The molecule has 25 heavy (non-hydrogen) atoms. The third kappa shape index (κ3) is 4.16. The topological polar surface area (TPSA) is 50.4 Å². The molecule has 0 spiro atoms. The van der Waals surface area contributed by atoms with Gasteiger partial charge in [0.05, 0.1) is 18.2 Å². The quantitative estimate of drug-likeness (QED) is 0.458. The number of anilines is 1. The molecule has 1 aliphatic carbocycles. The lowest BCUT2D eigenvalue weighted by Gasteiger charge is -2.28. The smallest absolute Gasteiger partial charge is 0.341 e. The van der Waals surface area contributed by atoms with Gasteiger partial charge in [-0.1, -0.05) is 26.7 Å². The predicted molar refractivity (Wildman–Crippen MR) is 108 cm³/mol. The van der Waals surface area contributed by atoms with E-state index >= 15 is 0 Å². The maximum Gasteiger partial charge on any atom is 0.341 e. The summed E-state index contributed by atoms with van der Waals surface area (Å²) >= 11 is 7.06. The van der Waals surface area contributed by atoms with E-state index in [0.717, 1.165) is 42.7 Å². The van der Waals surface area contributed by atoms with Crippen LogP contribution in [0.1, 0.15) is 60.8 Å². The van der Waals surface area contributed by atoms with Crippen molar-refractivity contribution in [2.45, 2.75) is 58.4 Å². The highest BCUT2D eigenvalue weighted by Crippen LogP contribution is 2.40. The van der Waals surface area contributed by atoms with Crippen molar-refractivity contribution in [1.82, 2.24) is 5.32 Å². The first-order valence-corrected chi connectivity index (χ1v) is 9.91. The van der Waals surface area contributed by atoms with Crippen molar-refractivity contribution in [3.8, 4) is 12.3 Å². The molecule has 0 aromatic carbocycles. The molecular formula is C19H26N2O2S2. The fourth-order valence-corrected chi connectivity index (χ4v) is 4.94. The Morgan fingerprint density at radius 2 is 2.16 bits per heavy atom. The van der Waals surface area contributed by atoms with Gasteiger partial charge in [0.25, 0.3) is 0 Å². The second kappa shape index (κ2) is 8.20. The first-order valence-electron chi connectivity index (χ1n) is 8.69. The molecule has 0 radical (unpaired) electrons. The Balaban J connectivity index is 2.29. The highest BCUT2D eigenvalue weighted by atomic mass is 32.1. The van der Waals surface area contributed by atoms with Crippen LogP contribution in [0.2, 0.25) is 0 Å². The molecule has 136 valence electrons. The summed E-state index contributed by atoms with van der Waals surface area (Å²) in [4.78, 5) is 13.6. The highest BCUT2D eigenvalue weighted by Gasteiger charge is 2.29. The Bertz CT molecular complexity index is 699. The van der Waals surface area contributed by atoms with Gasteiger partial charge in [0.2, 0.25) is 0 Å². The van der Waals surface area contributed by atoms with E-state index in [1.807, 2.05) is 13.8 Å². The lowest BCUT2D eigenvalue weighted by atomic mass is 9.88. The van der Waals surface area contributed by atoms with Crippen LogP contribution >= 0.6 is 23.6 Å². The average Bonchev–Trinajstić information content (AvgIpc) is 2.95. The molecule has 1 heterocycles. The normalized spacial score (nSPS) is 16.5. The molecule has 1 atom stereocenters. The molecule has 0 bridgehead atoms. The van der Waals surface area contributed by atoms with E-state index in [2.05, 4.69) is 23.5 Å². The van der Waals surface area contributed by atoms with E-state index in [-0.39, 0.29) is 5.97 Å². The van der Waals surface area contributed by atoms with Gasteiger partial charge in [-0.2, -0.15) is 0 Å². The summed E-state index contributed by atoms with van der Waals surface area (Å²) in [5.74, 6) is 3.12. The second-order valence-electron chi connectivity index (χ2n) is 6.56. The van der Waals surface area contributed by atoms with Crippen LogP contribution < -0.4 is 10.6 Å². The van der Waals surface area contributed by atoms with Crippen LogP contribution in [-0.4, -0.2) is 23.7 Å². The summed E-state index contributed by atoms with van der Waals surface area (Å²) in [6.45, 7) is 6.30. The molecule has 4 nitrogen and oxygen atoms in total. The number of ether oxygens (including phenoxy) is 1. The van der Waals surface area contributed by atoms with Crippen LogP contribution in [0.4, 0.5) is 5.00 Å². The number of nitrogens with one attached hydrogen (secondary N) is 2. The Kier molecular flexibility index (Phi) is 6.47. The zero-order chi connectivity index (χ0) is 18.6. The number of hydrogen-bond donors (Lipinski definition) is 2. The van der Waals surface area contributed by atoms with E-state index in [1.165, 1.54) is 12.0 Å². The third-order valence-electron chi connectivity index (χ3n) is 4.96. The SMILES string of the molecule is C#CC(CC)(CC)NC(=S)Nc1sc2c(c1C(=O)OC)CCC(C)C2. The number of carbonyl (C=O) groups excluding carboxylic acids is 1. The van der Waals surface area contributed by atoms with E-state index in [4.69, 9.17) is 23.4 Å². The lowest BCUT2D eigenvalue weighted by Crippen LogP contribution is -2.48. The second-order valence-corrected chi connectivity index (χ2v) is 8.07. The van der Waals surface area contributed by atoms with Gasteiger partial charge in [-0.15, -0.1) is 17.8 Å². The maximum absolute atomic E-state index is 12.3. The molecule has 2 rings (SSSR count). The molecule has 0 saturated carbocycles. The van der Waals surface area contributed by atoms with Crippen molar-refractivity contribution in [3.05, 3.63) is 16.0 Å². The summed E-state index contributed by atoms with van der Waals surface area (Å²) in [5.41, 5.74) is 1.26. The van der Waals surface area contributed by atoms with Crippen LogP contribution in [0, 0.1) is 18.3 Å². The molecule has 0 fully saturated rings. The first kappa shape index (κ1) is 19.7. The van der Waals surface area contributed by atoms with Crippen molar-refractivity contribution in [2.24, 2.45) is 5.92 Å². The van der Waals surface area contributed by atoms with Crippen LogP contribution in [0.25, 0.3) is 0 Å². The summed E-state index contributed by atoms with van der Waals surface area (Å²) in [7, 11) is 1.41. The van der Waals surface area contributed by atoms with Crippen LogP contribution in [0.3, 0.4) is 0 Å². The minimum absolute atomic E-state index is 0.313. The number of hydrogen-bond acceptors (Lipinski definition) is 4. The molecule has 1 aromatic heterocycles. The summed E-state index contributed by atoms with van der Waals surface area (Å²) in [6, 6.07) is 0. The molecule has 1 aliphatic rings. The summed E-state index contributed by atoms with van der Waals surface area (Å²) in [6.07, 6.45) is 10.2. The molecule has 6 heteroatoms. The van der Waals surface area contributed by atoms with E-state index in [9.17, 15) is 4.79 Å². The predicted octanol–water partition coefficient (Wildman–Crippen LogP) is 4.14. The zero-order valence-electron chi connectivity index (χ0n) is 15.3. The van der Waals surface area contributed by atoms with Gasteiger partial charge < -0.3 is 15.4 Å².